The van der Waals surface area contributed by atoms with E-state index in [9.17, 15) is 9.90 Å². The lowest BCUT2D eigenvalue weighted by Crippen LogP contribution is -1.99. The Kier molecular flexibility index (Phi) is 2.67. The van der Waals surface area contributed by atoms with E-state index < -0.39 is 0 Å². The number of carbonyl (C=O) groups excluding carboxylic acids is 1. The van der Waals surface area contributed by atoms with E-state index >= 15 is 0 Å². The highest BCUT2D eigenvalue weighted by Crippen LogP contribution is 2.42. The number of Topliss-reactive ketones (excluding diaryl/α,β-unsaturated/α-hetero) is 1. The third-order valence-electron chi connectivity index (χ3n) is 4.38. The Balaban J connectivity index is 1.77. The van der Waals surface area contributed by atoms with Gasteiger partial charge in [0.1, 0.15) is 16.3 Å². The number of aliphatic hydroxyl groups excluding tert-OH is 1. The monoisotopic (exact) mass is 329 g/mol. The Morgan fingerprint density at radius 3 is 2.58 bits per heavy atom. The second kappa shape index (κ2) is 4.76. The lowest BCUT2D eigenvalue weighted by atomic mass is 9.99. The minimum atomic E-state index is -0.154. The Morgan fingerprint density at radius 2 is 1.71 bits per heavy atom. The maximum atomic E-state index is 13.0. The summed E-state index contributed by atoms with van der Waals surface area (Å²) in [6, 6.07) is 19.2. The van der Waals surface area contributed by atoms with Crippen LogP contribution in [0.4, 0.5) is 0 Å². The zero-order valence-corrected chi connectivity index (χ0v) is 13.3. The molecule has 0 amide bonds. The molecule has 1 aromatic heterocycles. The highest BCUT2D eigenvalue weighted by atomic mass is 32.1. The standard InChI is InChI=1S/C20H11NO2S/c22-18-13-10-9-11-5-1-2-6-12(11)16(13)19(23)17(18)20-21-14-7-3-4-8-15(14)24-20/h1-10,22H. The number of rotatable bonds is 1. The van der Waals surface area contributed by atoms with Gasteiger partial charge in [-0.05, 0) is 29.0 Å². The van der Waals surface area contributed by atoms with Crippen molar-refractivity contribution in [1.82, 2.24) is 4.98 Å². The van der Waals surface area contributed by atoms with Crippen LogP contribution >= 0.6 is 11.3 Å². The minimum absolute atomic E-state index is 0.0276. The number of thiazole rings is 1. The van der Waals surface area contributed by atoms with Crippen LogP contribution in [-0.2, 0) is 0 Å². The number of benzene rings is 3. The smallest absolute Gasteiger partial charge is 0.201 e. The lowest BCUT2D eigenvalue weighted by molar-refractivity contribution is 0.106. The van der Waals surface area contributed by atoms with Crippen LogP contribution in [0.1, 0.15) is 20.9 Å². The molecule has 0 saturated carbocycles. The summed E-state index contributed by atoms with van der Waals surface area (Å²) < 4.78 is 1.00. The van der Waals surface area contributed by atoms with Gasteiger partial charge in [-0.25, -0.2) is 4.98 Å². The Morgan fingerprint density at radius 1 is 0.917 bits per heavy atom. The van der Waals surface area contributed by atoms with Crippen LogP contribution < -0.4 is 0 Å². The summed E-state index contributed by atoms with van der Waals surface area (Å²) in [5, 5.41) is 13.1. The molecule has 0 fully saturated rings. The first-order valence-corrected chi connectivity index (χ1v) is 8.42. The predicted molar refractivity (Wildman–Crippen MR) is 97.3 cm³/mol. The summed E-state index contributed by atoms with van der Waals surface area (Å²) >= 11 is 1.43. The number of carbonyl (C=O) groups is 1. The molecule has 1 aliphatic rings. The third-order valence-corrected chi connectivity index (χ3v) is 5.44. The topological polar surface area (TPSA) is 50.2 Å². The molecule has 3 aromatic carbocycles. The van der Waals surface area contributed by atoms with Crippen molar-refractivity contribution in [3.05, 3.63) is 76.8 Å². The van der Waals surface area contributed by atoms with Crippen molar-refractivity contribution in [2.75, 3.05) is 0 Å². The number of aliphatic hydroxyl groups is 1. The van der Waals surface area contributed by atoms with Gasteiger partial charge in [-0.15, -0.1) is 11.3 Å². The number of aromatic nitrogens is 1. The molecule has 3 nitrogen and oxygen atoms in total. The van der Waals surface area contributed by atoms with Gasteiger partial charge in [0.15, 0.2) is 0 Å². The number of hydrogen-bond acceptors (Lipinski definition) is 4. The molecule has 0 radical (unpaired) electrons. The fraction of sp³-hybridized carbons (Fsp3) is 0. The minimum Gasteiger partial charge on any atom is -0.506 e. The van der Waals surface area contributed by atoms with Crippen molar-refractivity contribution in [2.45, 2.75) is 0 Å². The van der Waals surface area contributed by atoms with Gasteiger partial charge in [-0.3, -0.25) is 4.79 Å². The highest BCUT2D eigenvalue weighted by Gasteiger charge is 2.34. The molecule has 1 aliphatic carbocycles. The fourth-order valence-electron chi connectivity index (χ4n) is 3.26. The van der Waals surface area contributed by atoms with E-state index in [1.807, 2.05) is 60.7 Å². The van der Waals surface area contributed by atoms with Gasteiger partial charge in [0, 0.05) is 11.1 Å². The third kappa shape index (κ3) is 1.71. The van der Waals surface area contributed by atoms with E-state index in [4.69, 9.17) is 0 Å². The number of ketones is 1. The van der Waals surface area contributed by atoms with E-state index in [1.165, 1.54) is 11.3 Å². The fourth-order valence-corrected chi connectivity index (χ4v) is 4.27. The summed E-state index contributed by atoms with van der Waals surface area (Å²) in [6.07, 6.45) is 0. The molecule has 0 atom stereocenters. The summed E-state index contributed by atoms with van der Waals surface area (Å²) in [5.74, 6) is -0.127. The molecule has 0 bridgehead atoms. The molecule has 0 unspecified atom stereocenters. The predicted octanol–water partition coefficient (Wildman–Crippen LogP) is 5.07. The molecular formula is C20H11NO2S. The SMILES string of the molecule is O=C1C(c2nc3ccccc3s2)=C(O)c2ccc3ccccc3c21. The Bertz CT molecular complexity index is 1150. The molecule has 114 valence electrons. The van der Waals surface area contributed by atoms with Crippen LogP contribution in [0, 0.1) is 0 Å². The second-order valence-corrected chi connectivity index (χ2v) is 6.78. The van der Waals surface area contributed by atoms with Crippen molar-refractivity contribution < 1.29 is 9.90 Å². The Hall–Kier alpha value is -2.98. The first-order valence-electron chi connectivity index (χ1n) is 7.60. The molecule has 0 spiro atoms. The van der Waals surface area contributed by atoms with Crippen molar-refractivity contribution >= 4 is 49.4 Å². The largest absolute Gasteiger partial charge is 0.506 e. The van der Waals surface area contributed by atoms with Gasteiger partial charge in [0.05, 0.1) is 10.2 Å². The second-order valence-electron chi connectivity index (χ2n) is 5.75. The van der Waals surface area contributed by atoms with Crippen molar-refractivity contribution in [1.29, 1.82) is 0 Å². The van der Waals surface area contributed by atoms with Gasteiger partial charge < -0.3 is 5.11 Å². The van der Waals surface area contributed by atoms with Crippen molar-refractivity contribution in [3.8, 4) is 0 Å². The quantitative estimate of drug-likeness (QED) is 0.530. The van der Waals surface area contributed by atoms with Crippen LogP contribution in [-0.4, -0.2) is 15.9 Å². The van der Waals surface area contributed by atoms with Gasteiger partial charge in [0.25, 0.3) is 0 Å². The van der Waals surface area contributed by atoms with Crippen LogP contribution in [0.5, 0.6) is 0 Å². The summed E-state index contributed by atoms with van der Waals surface area (Å²) in [7, 11) is 0. The van der Waals surface area contributed by atoms with Crippen molar-refractivity contribution in [3.63, 3.8) is 0 Å². The molecule has 4 aromatic rings. The summed E-state index contributed by atoms with van der Waals surface area (Å²) in [4.78, 5) is 17.6. The molecule has 4 heteroatoms. The number of hydrogen-bond donors (Lipinski definition) is 1. The van der Waals surface area contributed by atoms with Gasteiger partial charge in [0.2, 0.25) is 5.78 Å². The van der Waals surface area contributed by atoms with Crippen LogP contribution in [0.2, 0.25) is 0 Å². The number of fused-ring (bicyclic) bond motifs is 4. The van der Waals surface area contributed by atoms with E-state index in [0.29, 0.717) is 21.7 Å². The Labute approximate surface area is 141 Å². The summed E-state index contributed by atoms with van der Waals surface area (Å²) in [6.45, 7) is 0. The molecule has 5 rings (SSSR count). The lowest BCUT2D eigenvalue weighted by Gasteiger charge is -2.04. The van der Waals surface area contributed by atoms with E-state index in [0.717, 1.165) is 21.0 Å². The first-order chi connectivity index (χ1) is 11.7. The first kappa shape index (κ1) is 13.5. The van der Waals surface area contributed by atoms with E-state index in [1.54, 1.807) is 0 Å². The van der Waals surface area contributed by atoms with Gasteiger partial charge >= 0.3 is 0 Å². The molecule has 24 heavy (non-hydrogen) atoms. The molecule has 0 aliphatic heterocycles. The normalized spacial score (nSPS) is 13.9. The highest BCUT2D eigenvalue weighted by molar-refractivity contribution is 7.20. The molecule has 1 heterocycles. The number of nitrogens with zero attached hydrogens (tertiary/aromatic N) is 1. The maximum Gasteiger partial charge on any atom is 0.201 e. The van der Waals surface area contributed by atoms with Crippen LogP contribution in [0.25, 0.3) is 32.3 Å². The van der Waals surface area contributed by atoms with Gasteiger partial charge in [-0.2, -0.15) is 0 Å². The average Bonchev–Trinajstić information content (AvgIpc) is 3.14. The zero-order chi connectivity index (χ0) is 16.3. The van der Waals surface area contributed by atoms with E-state index in [-0.39, 0.29) is 11.5 Å². The van der Waals surface area contributed by atoms with E-state index in [2.05, 4.69) is 4.98 Å². The summed E-state index contributed by atoms with van der Waals surface area (Å²) in [5.41, 5.74) is 2.31. The molecular weight excluding hydrogens is 318 g/mol. The molecule has 0 saturated heterocycles. The van der Waals surface area contributed by atoms with Gasteiger partial charge in [-0.1, -0.05) is 42.5 Å². The molecule has 1 N–H and O–H groups in total. The van der Waals surface area contributed by atoms with Crippen molar-refractivity contribution in [2.24, 2.45) is 0 Å². The van der Waals surface area contributed by atoms with Crippen LogP contribution in [0.3, 0.4) is 0 Å². The average molecular weight is 329 g/mol. The number of para-hydroxylation sites is 1. The maximum absolute atomic E-state index is 13.0. The zero-order valence-electron chi connectivity index (χ0n) is 12.5. The number of allylic oxidation sites excluding steroid dienone is 1. The van der Waals surface area contributed by atoms with Crippen LogP contribution in [0.15, 0.2) is 60.7 Å².